The highest BCUT2D eigenvalue weighted by atomic mass is 19.1. The molecular formula is C15H21FN2O. The van der Waals surface area contributed by atoms with Crippen molar-refractivity contribution in [2.75, 3.05) is 19.6 Å². The van der Waals surface area contributed by atoms with Crippen molar-refractivity contribution in [1.29, 1.82) is 0 Å². The summed E-state index contributed by atoms with van der Waals surface area (Å²) in [5.74, 6) is 0.0685. The van der Waals surface area contributed by atoms with Crippen LogP contribution in [0.4, 0.5) is 4.39 Å². The summed E-state index contributed by atoms with van der Waals surface area (Å²) in [6, 6.07) is 6.66. The Morgan fingerprint density at radius 3 is 2.79 bits per heavy atom. The van der Waals surface area contributed by atoms with Crippen LogP contribution in [0.25, 0.3) is 0 Å². The van der Waals surface area contributed by atoms with E-state index in [2.05, 4.69) is 12.2 Å². The van der Waals surface area contributed by atoms with E-state index in [9.17, 15) is 9.18 Å². The van der Waals surface area contributed by atoms with Gasteiger partial charge in [0.1, 0.15) is 5.82 Å². The van der Waals surface area contributed by atoms with Crippen LogP contribution in [0.5, 0.6) is 0 Å². The fourth-order valence-electron chi connectivity index (χ4n) is 2.50. The molecule has 0 saturated carbocycles. The summed E-state index contributed by atoms with van der Waals surface area (Å²) < 4.78 is 12.9. The van der Waals surface area contributed by atoms with E-state index in [0.717, 1.165) is 25.2 Å². The van der Waals surface area contributed by atoms with E-state index in [1.807, 2.05) is 11.8 Å². The number of hydrogen-bond acceptors (Lipinski definition) is 2. The molecule has 4 heteroatoms. The second kappa shape index (κ2) is 6.15. The second-order valence-electron chi connectivity index (χ2n) is 5.30. The Labute approximate surface area is 113 Å². The third kappa shape index (κ3) is 3.53. The first-order valence-electron chi connectivity index (χ1n) is 6.83. The van der Waals surface area contributed by atoms with Crippen molar-refractivity contribution in [3.63, 3.8) is 0 Å². The number of piperazine rings is 1. The molecule has 0 spiro atoms. The minimum absolute atomic E-state index is 0.121. The van der Waals surface area contributed by atoms with Gasteiger partial charge in [-0.2, -0.15) is 0 Å². The number of carbonyl (C=O) groups is 1. The van der Waals surface area contributed by atoms with Gasteiger partial charge in [0.2, 0.25) is 5.91 Å². The van der Waals surface area contributed by atoms with E-state index in [0.29, 0.717) is 6.42 Å². The number of nitrogens with one attached hydrogen (secondary N) is 1. The topological polar surface area (TPSA) is 32.3 Å². The number of rotatable bonds is 3. The van der Waals surface area contributed by atoms with Crippen molar-refractivity contribution in [2.24, 2.45) is 0 Å². The maximum Gasteiger partial charge on any atom is 0.223 e. The van der Waals surface area contributed by atoms with Crippen LogP contribution in [0.2, 0.25) is 0 Å². The Balaban J connectivity index is 1.96. The third-order valence-electron chi connectivity index (χ3n) is 3.74. The van der Waals surface area contributed by atoms with Crippen LogP contribution in [0, 0.1) is 5.82 Å². The van der Waals surface area contributed by atoms with Crippen LogP contribution in [-0.2, 0) is 4.79 Å². The highest BCUT2D eigenvalue weighted by Crippen LogP contribution is 2.21. The van der Waals surface area contributed by atoms with Crippen molar-refractivity contribution in [3.8, 4) is 0 Å². The maximum atomic E-state index is 12.9. The molecular weight excluding hydrogens is 243 g/mol. The van der Waals surface area contributed by atoms with Gasteiger partial charge in [-0.15, -0.1) is 0 Å². The van der Waals surface area contributed by atoms with Crippen LogP contribution in [0.3, 0.4) is 0 Å². The fraction of sp³-hybridized carbons (Fsp3) is 0.533. The predicted octanol–water partition coefficient (Wildman–Crippen LogP) is 2.14. The number of benzene rings is 1. The van der Waals surface area contributed by atoms with E-state index in [4.69, 9.17) is 0 Å². The molecule has 1 amide bonds. The van der Waals surface area contributed by atoms with Gasteiger partial charge < -0.3 is 10.2 Å². The van der Waals surface area contributed by atoms with Crippen LogP contribution in [-0.4, -0.2) is 36.5 Å². The Morgan fingerprint density at radius 1 is 1.47 bits per heavy atom. The highest BCUT2D eigenvalue weighted by Gasteiger charge is 2.24. The molecule has 2 atom stereocenters. The number of halogens is 1. The molecule has 19 heavy (non-hydrogen) atoms. The SMILES string of the molecule is CC(CC(=O)N1CCNC[C@@H]1C)c1ccc(F)cc1. The predicted molar refractivity (Wildman–Crippen MR) is 73.5 cm³/mol. The second-order valence-corrected chi connectivity index (χ2v) is 5.30. The summed E-state index contributed by atoms with van der Waals surface area (Å²) in [6.07, 6.45) is 0.482. The fourth-order valence-corrected chi connectivity index (χ4v) is 2.50. The lowest BCUT2D eigenvalue weighted by molar-refractivity contribution is -0.134. The molecule has 0 radical (unpaired) electrons. The first-order valence-corrected chi connectivity index (χ1v) is 6.83. The molecule has 1 aliphatic heterocycles. The monoisotopic (exact) mass is 264 g/mol. The summed E-state index contributed by atoms with van der Waals surface area (Å²) in [7, 11) is 0. The molecule has 104 valence electrons. The zero-order valence-electron chi connectivity index (χ0n) is 11.5. The molecule has 1 N–H and O–H groups in total. The normalized spacial score (nSPS) is 21.2. The minimum atomic E-state index is -0.238. The smallest absolute Gasteiger partial charge is 0.223 e. The molecule has 1 aromatic rings. The van der Waals surface area contributed by atoms with E-state index in [1.165, 1.54) is 12.1 Å². The molecule has 3 nitrogen and oxygen atoms in total. The van der Waals surface area contributed by atoms with Crippen LogP contribution >= 0.6 is 0 Å². The molecule has 1 aliphatic rings. The molecule has 1 unspecified atom stereocenters. The zero-order chi connectivity index (χ0) is 13.8. The van der Waals surface area contributed by atoms with Crippen molar-refractivity contribution >= 4 is 5.91 Å². The van der Waals surface area contributed by atoms with E-state index < -0.39 is 0 Å². The first kappa shape index (κ1) is 14.0. The first-order chi connectivity index (χ1) is 9.08. The number of nitrogens with zero attached hydrogens (tertiary/aromatic N) is 1. The van der Waals surface area contributed by atoms with Gasteiger partial charge in [0.25, 0.3) is 0 Å². The van der Waals surface area contributed by atoms with Gasteiger partial charge in [-0.25, -0.2) is 4.39 Å². The largest absolute Gasteiger partial charge is 0.337 e. The molecule has 1 fully saturated rings. The van der Waals surface area contributed by atoms with Gasteiger partial charge in [0.05, 0.1) is 0 Å². The van der Waals surface area contributed by atoms with Gasteiger partial charge >= 0.3 is 0 Å². The molecule has 1 aromatic carbocycles. The average Bonchev–Trinajstić information content (AvgIpc) is 2.39. The van der Waals surface area contributed by atoms with Crippen LogP contribution in [0.15, 0.2) is 24.3 Å². The lowest BCUT2D eigenvalue weighted by atomic mass is 9.96. The van der Waals surface area contributed by atoms with Crippen molar-refractivity contribution in [3.05, 3.63) is 35.6 Å². The van der Waals surface area contributed by atoms with Crippen molar-refractivity contribution in [1.82, 2.24) is 10.2 Å². The number of amides is 1. The summed E-state index contributed by atoms with van der Waals surface area (Å²) >= 11 is 0. The molecule has 1 saturated heterocycles. The molecule has 0 aliphatic carbocycles. The van der Waals surface area contributed by atoms with E-state index in [1.54, 1.807) is 12.1 Å². The summed E-state index contributed by atoms with van der Waals surface area (Å²) in [5, 5.41) is 3.28. The third-order valence-corrected chi connectivity index (χ3v) is 3.74. The summed E-state index contributed by atoms with van der Waals surface area (Å²) in [4.78, 5) is 14.2. The number of carbonyl (C=O) groups excluding carboxylic acids is 1. The van der Waals surface area contributed by atoms with Crippen LogP contribution in [0.1, 0.15) is 31.7 Å². The highest BCUT2D eigenvalue weighted by molar-refractivity contribution is 5.77. The molecule has 0 aromatic heterocycles. The van der Waals surface area contributed by atoms with Crippen molar-refractivity contribution in [2.45, 2.75) is 32.2 Å². The Bertz CT molecular complexity index is 432. The standard InChI is InChI=1S/C15H21FN2O/c1-11(13-3-5-14(16)6-4-13)9-15(19)18-8-7-17-10-12(18)2/h3-6,11-12,17H,7-10H2,1-2H3/t11?,12-/m0/s1. The van der Waals surface area contributed by atoms with Gasteiger partial charge in [0, 0.05) is 32.1 Å². The lowest BCUT2D eigenvalue weighted by Gasteiger charge is -2.34. The quantitative estimate of drug-likeness (QED) is 0.907. The Morgan fingerprint density at radius 2 is 2.16 bits per heavy atom. The molecule has 1 heterocycles. The van der Waals surface area contributed by atoms with Crippen molar-refractivity contribution < 1.29 is 9.18 Å². The van der Waals surface area contributed by atoms with Crippen LogP contribution < -0.4 is 5.32 Å². The van der Waals surface area contributed by atoms with Gasteiger partial charge in [-0.05, 0) is 30.5 Å². The van der Waals surface area contributed by atoms with Gasteiger partial charge in [-0.1, -0.05) is 19.1 Å². The Kier molecular flexibility index (Phi) is 4.53. The van der Waals surface area contributed by atoms with E-state index >= 15 is 0 Å². The minimum Gasteiger partial charge on any atom is -0.337 e. The zero-order valence-corrected chi connectivity index (χ0v) is 11.5. The Hall–Kier alpha value is -1.42. The van der Waals surface area contributed by atoms with Gasteiger partial charge in [-0.3, -0.25) is 4.79 Å². The molecule has 0 bridgehead atoms. The number of hydrogen-bond donors (Lipinski definition) is 1. The summed E-state index contributed by atoms with van der Waals surface area (Å²) in [5.41, 5.74) is 1.01. The van der Waals surface area contributed by atoms with E-state index in [-0.39, 0.29) is 23.7 Å². The lowest BCUT2D eigenvalue weighted by Crippen LogP contribution is -2.52. The summed E-state index contributed by atoms with van der Waals surface area (Å²) in [6.45, 7) is 6.57. The average molecular weight is 264 g/mol. The molecule has 2 rings (SSSR count). The van der Waals surface area contributed by atoms with Gasteiger partial charge in [0.15, 0.2) is 0 Å². The maximum absolute atomic E-state index is 12.9.